The van der Waals surface area contributed by atoms with E-state index in [2.05, 4.69) is 21.0 Å². The Morgan fingerprint density at radius 1 is 1.53 bits per heavy atom. The normalized spacial score (nSPS) is 24.6. The lowest BCUT2D eigenvalue weighted by Crippen LogP contribution is -2.44. The van der Waals surface area contributed by atoms with E-state index in [0.717, 1.165) is 12.8 Å². The number of hydrogen-bond acceptors (Lipinski definition) is 2. The van der Waals surface area contributed by atoms with E-state index in [0.29, 0.717) is 16.6 Å². The van der Waals surface area contributed by atoms with Crippen LogP contribution in [0, 0.1) is 0 Å². The van der Waals surface area contributed by atoms with Gasteiger partial charge in [-0.1, -0.05) is 28.8 Å². The minimum Gasteiger partial charge on any atom is -0.336 e. The molecular formula is C12H18BrN3O. The predicted molar refractivity (Wildman–Crippen MR) is 70.3 cm³/mol. The fourth-order valence-electron chi connectivity index (χ4n) is 2.42. The van der Waals surface area contributed by atoms with Crippen molar-refractivity contribution in [3.63, 3.8) is 0 Å². The Morgan fingerprint density at radius 3 is 2.82 bits per heavy atom. The summed E-state index contributed by atoms with van der Waals surface area (Å²) in [5.74, 6) is 0.0568. The van der Waals surface area contributed by atoms with Gasteiger partial charge in [0.25, 0.3) is 5.91 Å². The van der Waals surface area contributed by atoms with Crippen LogP contribution in [0.1, 0.15) is 36.2 Å². The fraction of sp³-hybridized carbons (Fsp3) is 0.667. The highest BCUT2D eigenvalue weighted by atomic mass is 79.9. The first-order chi connectivity index (χ1) is 8.11. The largest absolute Gasteiger partial charge is 0.336 e. The Hall–Kier alpha value is -0.840. The van der Waals surface area contributed by atoms with Crippen molar-refractivity contribution in [3.8, 4) is 0 Å². The second kappa shape index (κ2) is 5.21. The molecule has 17 heavy (non-hydrogen) atoms. The van der Waals surface area contributed by atoms with Crippen LogP contribution >= 0.6 is 15.9 Å². The summed E-state index contributed by atoms with van der Waals surface area (Å²) in [6.07, 6.45) is 6.34. The molecule has 94 valence electrons. The summed E-state index contributed by atoms with van der Waals surface area (Å²) >= 11 is 3.69. The number of hydrogen-bond donors (Lipinski definition) is 0. The molecule has 0 aromatic carbocycles. The third kappa shape index (κ3) is 2.54. The molecule has 0 spiro atoms. The molecule has 1 aliphatic rings. The molecule has 1 fully saturated rings. The van der Waals surface area contributed by atoms with Crippen molar-refractivity contribution in [1.29, 1.82) is 0 Å². The molecule has 0 N–H and O–H groups in total. The van der Waals surface area contributed by atoms with Gasteiger partial charge < -0.3 is 4.90 Å². The summed E-state index contributed by atoms with van der Waals surface area (Å²) < 4.78 is 1.63. The van der Waals surface area contributed by atoms with Gasteiger partial charge in [0.1, 0.15) is 5.69 Å². The van der Waals surface area contributed by atoms with Gasteiger partial charge in [0.2, 0.25) is 0 Å². The molecule has 1 amide bonds. The Balaban J connectivity index is 2.11. The average Bonchev–Trinajstić information content (AvgIpc) is 2.74. The van der Waals surface area contributed by atoms with Crippen LogP contribution in [-0.2, 0) is 7.05 Å². The minimum absolute atomic E-state index is 0.0568. The number of halogens is 1. The number of carbonyl (C=O) groups excluding carboxylic acids is 1. The number of carbonyl (C=O) groups is 1. The SMILES string of the molecule is CN(C(=O)c1ccnn1C)C1CCCCC1Br. The molecule has 1 saturated carbocycles. The lowest BCUT2D eigenvalue weighted by Gasteiger charge is -2.35. The predicted octanol–water partition coefficient (Wildman–Crippen LogP) is 2.20. The van der Waals surface area contributed by atoms with Crippen LogP contribution in [0.4, 0.5) is 0 Å². The van der Waals surface area contributed by atoms with Gasteiger partial charge in [0.05, 0.1) is 0 Å². The summed E-state index contributed by atoms with van der Waals surface area (Å²) in [6.45, 7) is 0. The van der Waals surface area contributed by atoms with Crippen molar-refractivity contribution in [1.82, 2.24) is 14.7 Å². The van der Waals surface area contributed by atoms with Crippen LogP contribution in [0.5, 0.6) is 0 Å². The maximum absolute atomic E-state index is 12.3. The van der Waals surface area contributed by atoms with Gasteiger partial charge in [-0.25, -0.2) is 0 Å². The summed E-state index contributed by atoms with van der Waals surface area (Å²) in [6, 6.07) is 2.07. The van der Waals surface area contributed by atoms with Gasteiger partial charge >= 0.3 is 0 Å². The van der Waals surface area contributed by atoms with Crippen LogP contribution in [0.15, 0.2) is 12.3 Å². The molecule has 0 radical (unpaired) electrons. The Kier molecular flexibility index (Phi) is 3.86. The first-order valence-electron chi connectivity index (χ1n) is 6.00. The van der Waals surface area contributed by atoms with Crippen molar-refractivity contribution in [2.45, 2.75) is 36.6 Å². The Bertz CT molecular complexity index is 404. The van der Waals surface area contributed by atoms with Gasteiger partial charge in [0.15, 0.2) is 0 Å². The lowest BCUT2D eigenvalue weighted by atomic mass is 9.94. The summed E-state index contributed by atoms with van der Waals surface area (Å²) in [5.41, 5.74) is 0.651. The molecule has 0 aliphatic heterocycles. The number of rotatable bonds is 2. The number of aromatic nitrogens is 2. The quantitative estimate of drug-likeness (QED) is 0.785. The highest BCUT2D eigenvalue weighted by Gasteiger charge is 2.30. The second-order valence-corrected chi connectivity index (χ2v) is 5.80. The molecule has 5 heteroatoms. The van der Waals surface area contributed by atoms with E-state index in [4.69, 9.17) is 0 Å². The van der Waals surface area contributed by atoms with Gasteiger partial charge in [0, 0.05) is 31.2 Å². The van der Waals surface area contributed by atoms with E-state index in [1.54, 1.807) is 24.0 Å². The van der Waals surface area contributed by atoms with E-state index < -0.39 is 0 Å². The second-order valence-electron chi connectivity index (χ2n) is 4.62. The number of amides is 1. The van der Waals surface area contributed by atoms with Crippen molar-refractivity contribution in [3.05, 3.63) is 18.0 Å². The molecule has 1 aromatic rings. The van der Waals surface area contributed by atoms with Gasteiger partial charge in [-0.15, -0.1) is 0 Å². The van der Waals surface area contributed by atoms with Crippen molar-refractivity contribution in [2.75, 3.05) is 7.05 Å². The number of alkyl halides is 1. The van der Waals surface area contributed by atoms with E-state index in [1.165, 1.54) is 12.8 Å². The molecule has 1 aromatic heterocycles. The molecule has 2 rings (SSSR count). The van der Waals surface area contributed by atoms with Crippen LogP contribution in [-0.4, -0.2) is 38.5 Å². The molecule has 2 unspecified atom stereocenters. The minimum atomic E-state index is 0.0568. The maximum atomic E-state index is 12.3. The smallest absolute Gasteiger partial charge is 0.272 e. The number of aryl methyl sites for hydroxylation is 1. The zero-order chi connectivity index (χ0) is 12.4. The molecule has 0 bridgehead atoms. The molecular weight excluding hydrogens is 282 g/mol. The van der Waals surface area contributed by atoms with E-state index in [9.17, 15) is 4.79 Å². The van der Waals surface area contributed by atoms with E-state index >= 15 is 0 Å². The first-order valence-corrected chi connectivity index (χ1v) is 6.92. The van der Waals surface area contributed by atoms with Crippen molar-refractivity contribution >= 4 is 21.8 Å². The highest BCUT2D eigenvalue weighted by molar-refractivity contribution is 9.09. The third-order valence-electron chi connectivity index (χ3n) is 3.51. The van der Waals surface area contributed by atoms with Crippen LogP contribution in [0.2, 0.25) is 0 Å². The lowest BCUT2D eigenvalue weighted by molar-refractivity contribution is 0.0693. The zero-order valence-corrected chi connectivity index (χ0v) is 11.9. The number of nitrogens with zero attached hydrogens (tertiary/aromatic N) is 3. The average molecular weight is 300 g/mol. The molecule has 0 saturated heterocycles. The first kappa shape index (κ1) is 12.6. The zero-order valence-electron chi connectivity index (χ0n) is 10.3. The van der Waals surface area contributed by atoms with Crippen molar-refractivity contribution in [2.24, 2.45) is 7.05 Å². The van der Waals surface area contributed by atoms with Crippen LogP contribution < -0.4 is 0 Å². The third-order valence-corrected chi connectivity index (χ3v) is 4.57. The Labute approximate surface area is 110 Å². The topological polar surface area (TPSA) is 38.1 Å². The highest BCUT2D eigenvalue weighted by Crippen LogP contribution is 2.28. The molecule has 1 aliphatic carbocycles. The van der Waals surface area contributed by atoms with Crippen LogP contribution in [0.3, 0.4) is 0 Å². The van der Waals surface area contributed by atoms with E-state index in [-0.39, 0.29) is 5.91 Å². The Morgan fingerprint density at radius 2 is 2.24 bits per heavy atom. The molecule has 2 atom stereocenters. The monoisotopic (exact) mass is 299 g/mol. The fourth-order valence-corrected chi connectivity index (χ4v) is 3.36. The summed E-state index contributed by atoms with van der Waals surface area (Å²) in [7, 11) is 3.69. The standard InChI is InChI=1S/C12H18BrN3O/c1-15(10-6-4-3-5-9(10)13)12(17)11-7-8-14-16(11)2/h7-10H,3-6H2,1-2H3. The maximum Gasteiger partial charge on any atom is 0.272 e. The van der Waals surface area contributed by atoms with Gasteiger partial charge in [-0.3, -0.25) is 9.48 Å². The summed E-state index contributed by atoms with van der Waals surface area (Å²) in [4.78, 5) is 14.6. The molecule has 1 heterocycles. The molecule has 4 nitrogen and oxygen atoms in total. The van der Waals surface area contributed by atoms with E-state index in [1.807, 2.05) is 11.9 Å². The van der Waals surface area contributed by atoms with Gasteiger partial charge in [-0.05, 0) is 18.9 Å². The summed E-state index contributed by atoms with van der Waals surface area (Å²) in [5, 5.41) is 4.04. The van der Waals surface area contributed by atoms with Gasteiger partial charge in [-0.2, -0.15) is 5.10 Å². The van der Waals surface area contributed by atoms with Crippen molar-refractivity contribution < 1.29 is 4.79 Å². The van der Waals surface area contributed by atoms with Crippen LogP contribution in [0.25, 0.3) is 0 Å².